The number of imide groups is 1. The molecule has 2 aliphatic rings. The molecule has 1 saturated heterocycles. The van der Waals surface area contributed by atoms with E-state index in [0.29, 0.717) is 125 Å². The number of unbranched alkanes of at least 4 members (excludes halogenated alkanes) is 3. The van der Waals surface area contributed by atoms with E-state index in [-0.39, 0.29) is 76.2 Å². The molecule has 1 unspecified atom stereocenters. The number of hydrogen-bond acceptors (Lipinski definition) is 16. The predicted molar refractivity (Wildman–Crippen MR) is 303 cm³/mol. The van der Waals surface area contributed by atoms with Gasteiger partial charge in [0.05, 0.1) is 72.4 Å². The van der Waals surface area contributed by atoms with Gasteiger partial charge in [0, 0.05) is 81.2 Å². The zero-order valence-corrected chi connectivity index (χ0v) is 47.9. The summed E-state index contributed by atoms with van der Waals surface area (Å²) in [6, 6.07) is 18.3. The number of nitrogens with one attached hydrogen (secondary N) is 1. The summed E-state index contributed by atoms with van der Waals surface area (Å²) >= 11 is 0. The lowest BCUT2D eigenvalue weighted by Crippen LogP contribution is -2.51. The summed E-state index contributed by atoms with van der Waals surface area (Å²) in [5.74, 6) is -0.716. The van der Waals surface area contributed by atoms with Crippen molar-refractivity contribution in [2.24, 2.45) is 14.1 Å². The van der Waals surface area contributed by atoms with Gasteiger partial charge in [0.1, 0.15) is 41.4 Å². The van der Waals surface area contributed by atoms with Crippen LogP contribution in [0, 0.1) is 0 Å². The topological polar surface area (TPSA) is 230 Å². The highest BCUT2D eigenvalue weighted by Crippen LogP contribution is 2.37. The number of rotatable bonds is 35. The molecule has 21 heteroatoms. The zero-order chi connectivity index (χ0) is 58.1. The quantitative estimate of drug-likeness (QED) is 0.0232. The number of sulfone groups is 1. The molecule has 0 spiro atoms. The van der Waals surface area contributed by atoms with E-state index < -0.39 is 39.4 Å². The number of allylic oxidation sites excluding steroid dienone is 1. The van der Waals surface area contributed by atoms with Crippen molar-refractivity contribution in [3.8, 4) is 28.7 Å². The molecule has 1 N–H and O–H groups in total. The summed E-state index contributed by atoms with van der Waals surface area (Å²) in [4.78, 5) is 81.1. The number of hydrogen-bond donors (Lipinski definition) is 1. The Balaban J connectivity index is 0.790. The van der Waals surface area contributed by atoms with E-state index in [1.807, 2.05) is 21.0 Å². The van der Waals surface area contributed by atoms with Crippen LogP contribution in [-0.4, -0.2) is 143 Å². The number of piperidine rings is 1. The molecule has 1 atom stereocenters. The lowest BCUT2D eigenvalue weighted by Gasteiger charge is -2.29. The summed E-state index contributed by atoms with van der Waals surface area (Å²) in [5.41, 5.74) is 2.11. The number of amides is 3. The molecule has 1 aromatic heterocycles. The van der Waals surface area contributed by atoms with Crippen molar-refractivity contribution < 1.29 is 65.5 Å². The Morgan fingerprint density at radius 1 is 0.691 bits per heavy atom. The third-order valence-electron chi connectivity index (χ3n) is 13.7. The highest BCUT2D eigenvalue weighted by Gasteiger charge is 2.45. The molecule has 436 valence electrons. The maximum atomic E-state index is 14.2. The van der Waals surface area contributed by atoms with E-state index in [2.05, 4.69) is 16.8 Å². The fourth-order valence-electron chi connectivity index (χ4n) is 9.38. The molecular weight excluding hydrogens is 1060 g/mol. The van der Waals surface area contributed by atoms with Crippen LogP contribution in [0.1, 0.15) is 114 Å². The molecule has 1 fully saturated rings. The van der Waals surface area contributed by atoms with Crippen LogP contribution >= 0.6 is 0 Å². The number of nitrogens with zero attached hydrogens (tertiary/aromatic N) is 4. The Labute approximate surface area is 473 Å². The van der Waals surface area contributed by atoms with Crippen LogP contribution in [0.5, 0.6) is 28.7 Å². The number of aryl methyl sites for hydroxylation is 2. The van der Waals surface area contributed by atoms with Crippen molar-refractivity contribution in [1.29, 1.82) is 0 Å². The van der Waals surface area contributed by atoms with E-state index in [1.165, 1.54) is 33.4 Å². The number of fused-ring (bicyclic) bond motifs is 2. The monoisotopic (exact) mass is 1140 g/mol. The van der Waals surface area contributed by atoms with Crippen molar-refractivity contribution in [2.45, 2.75) is 94.2 Å². The van der Waals surface area contributed by atoms with Gasteiger partial charge in [-0.2, -0.15) is 0 Å². The molecule has 5 aromatic rings. The van der Waals surface area contributed by atoms with Gasteiger partial charge in [0.15, 0.2) is 21.4 Å². The first-order chi connectivity index (χ1) is 38.9. The minimum Gasteiger partial charge on any atom is -0.493 e. The molecule has 2 aliphatic heterocycles. The highest BCUT2D eigenvalue weighted by molar-refractivity contribution is 7.90. The largest absolute Gasteiger partial charge is 0.493 e. The van der Waals surface area contributed by atoms with E-state index in [4.69, 9.17) is 33.2 Å². The molecule has 81 heavy (non-hydrogen) atoms. The van der Waals surface area contributed by atoms with Gasteiger partial charge < -0.3 is 43.4 Å². The minimum absolute atomic E-state index is 0.0204. The first kappa shape index (κ1) is 61.4. The molecule has 4 aromatic carbocycles. The number of aromatic nitrogens is 2. The molecular formula is C60H75N5O15S. The Bertz CT molecular complexity index is 3240. The van der Waals surface area contributed by atoms with Crippen LogP contribution in [0.3, 0.4) is 0 Å². The van der Waals surface area contributed by atoms with Crippen molar-refractivity contribution in [1.82, 2.24) is 24.3 Å². The van der Waals surface area contributed by atoms with Crippen molar-refractivity contribution in [2.75, 3.05) is 80.1 Å². The summed E-state index contributed by atoms with van der Waals surface area (Å²) in [6.45, 7) is 9.65. The number of imidazole rings is 1. The Morgan fingerprint density at radius 2 is 1.32 bits per heavy atom. The third kappa shape index (κ3) is 16.7. The molecule has 0 saturated carbocycles. The first-order valence-corrected chi connectivity index (χ1v) is 29.3. The summed E-state index contributed by atoms with van der Waals surface area (Å²) < 4.78 is 72.6. The lowest BCUT2D eigenvalue weighted by molar-refractivity contribution is -0.125. The van der Waals surface area contributed by atoms with Gasteiger partial charge in [0.2, 0.25) is 5.91 Å². The van der Waals surface area contributed by atoms with Crippen LogP contribution in [0.4, 0.5) is 0 Å². The van der Waals surface area contributed by atoms with Crippen LogP contribution in [-0.2, 0) is 53.5 Å². The van der Waals surface area contributed by atoms with Gasteiger partial charge in [-0.3, -0.25) is 38.0 Å². The highest BCUT2D eigenvalue weighted by atomic mass is 32.2. The summed E-state index contributed by atoms with van der Waals surface area (Å²) in [6.07, 6.45) is 6.09. The second-order valence-corrected chi connectivity index (χ2v) is 22.4. The number of Topliss-reactive ketones (excluding diaryl/α,β-unsaturated/α-hetero) is 2. The smallest absolute Gasteiger partial charge is 0.328 e. The van der Waals surface area contributed by atoms with Crippen LogP contribution in [0.2, 0.25) is 0 Å². The normalized spacial score (nSPS) is 14.4. The second-order valence-electron chi connectivity index (χ2n) is 20.4. The summed E-state index contributed by atoms with van der Waals surface area (Å²) in [7, 11) is 3.27. The molecule has 0 radical (unpaired) electrons. The predicted octanol–water partition coefficient (Wildman–Crippen LogP) is 7.76. The molecule has 3 amide bonds. The SMILES string of the molecule is C=C1CCC(N2C(=O)c3cccc(OCC(=O)CCCCOCCOCCOCCCCC(=O)c4cccc(S(=O)(=O)Cc5cc6c(cc5Oc5cc(OCCC)cc(OCCCCN(C)C)c5)n(C)c(=O)n6C)c4)c3C2=O)C(=O)N1. The van der Waals surface area contributed by atoms with Gasteiger partial charge in [-0.25, -0.2) is 13.2 Å². The fraction of sp³-hybridized carbons (Fsp3) is 0.467. The van der Waals surface area contributed by atoms with Gasteiger partial charge in [-0.05, 0) is 109 Å². The van der Waals surface area contributed by atoms with Gasteiger partial charge in [-0.1, -0.05) is 31.7 Å². The molecule has 0 aliphatic carbocycles. The lowest BCUT2D eigenvalue weighted by atomic mass is 10.0. The van der Waals surface area contributed by atoms with Gasteiger partial charge in [0.25, 0.3) is 11.8 Å². The van der Waals surface area contributed by atoms with E-state index in [0.717, 1.165) is 30.7 Å². The maximum Gasteiger partial charge on any atom is 0.328 e. The Morgan fingerprint density at radius 3 is 2.00 bits per heavy atom. The van der Waals surface area contributed by atoms with E-state index in [1.54, 1.807) is 62.6 Å². The Kier molecular flexibility index (Phi) is 22.4. The van der Waals surface area contributed by atoms with Crippen molar-refractivity contribution in [3.63, 3.8) is 0 Å². The van der Waals surface area contributed by atoms with Crippen molar-refractivity contribution >= 4 is 50.2 Å². The molecule has 0 bridgehead atoms. The van der Waals surface area contributed by atoms with Gasteiger partial charge >= 0.3 is 5.69 Å². The molecule has 7 rings (SSSR count). The average Bonchev–Trinajstić information content (AvgIpc) is 4.03. The van der Waals surface area contributed by atoms with Gasteiger partial charge in [-0.15, -0.1) is 0 Å². The minimum atomic E-state index is -4.05. The number of carbonyl (C=O) groups is 5. The average molecular weight is 1140 g/mol. The molecule has 20 nitrogen and oxygen atoms in total. The van der Waals surface area contributed by atoms with Crippen LogP contribution in [0.25, 0.3) is 11.0 Å². The van der Waals surface area contributed by atoms with Crippen LogP contribution < -0.4 is 30.0 Å². The second kappa shape index (κ2) is 29.5. The van der Waals surface area contributed by atoms with Crippen LogP contribution in [0.15, 0.2) is 94.8 Å². The first-order valence-electron chi connectivity index (χ1n) is 27.6. The van der Waals surface area contributed by atoms with Crippen molar-refractivity contribution in [3.05, 3.63) is 118 Å². The number of carbonyl (C=O) groups excluding carboxylic acids is 5. The number of benzene rings is 4. The number of ether oxygens (including phenoxy) is 7. The van der Waals surface area contributed by atoms with E-state index >= 15 is 0 Å². The third-order valence-corrected chi connectivity index (χ3v) is 15.4. The zero-order valence-electron chi connectivity index (χ0n) is 47.1. The number of ketones is 2. The summed E-state index contributed by atoms with van der Waals surface area (Å²) in [5, 5.41) is 2.61. The molecule has 3 heterocycles. The maximum absolute atomic E-state index is 14.2. The van der Waals surface area contributed by atoms with E-state index in [9.17, 15) is 37.2 Å². The fourth-order valence-corrected chi connectivity index (χ4v) is 10.8. The Hall–Kier alpha value is -7.17. The standard InChI is InChI=1S/C60H75N5O15S/c1-7-25-77-45-35-46(78-28-13-10-24-62(3)4)37-47(36-45)80-55-38-52-51(63(5)60(71)64(52)6)34-43(55)40-81(72,73)48-18-14-16-42(33-48)53(67)20-9-12-27-75-30-32-76-31-29-74-26-11-8-17-44(66)39-79-54-21-15-19-49-56(54)59(70)65(58(49)69)50-23-22-41(2)61-57(50)68/h14-16,18-19,21,33-38,50H,2,7-13,17,20,22-32,39-40H2,1,3-6H3,(H,61,68).